The summed E-state index contributed by atoms with van der Waals surface area (Å²) in [6.45, 7) is 1.79. The molecule has 0 saturated heterocycles. The number of nitrogens with one attached hydrogen (secondary N) is 1. The van der Waals surface area contributed by atoms with Crippen LogP contribution in [0.4, 0.5) is 11.4 Å². The quantitative estimate of drug-likeness (QED) is 0.643. The molecular formula is C13H16N2O2. The summed E-state index contributed by atoms with van der Waals surface area (Å²) in [7, 11) is 0. The number of rotatable bonds is 3. The van der Waals surface area contributed by atoms with Gasteiger partial charge in [-0.05, 0) is 50.2 Å². The molecule has 3 rings (SSSR count). The van der Waals surface area contributed by atoms with Crippen LogP contribution in [0.5, 0.6) is 0 Å². The first kappa shape index (κ1) is 10.6. The Kier molecular flexibility index (Phi) is 2.31. The summed E-state index contributed by atoms with van der Waals surface area (Å²) >= 11 is 0. The molecule has 2 aliphatic carbocycles. The zero-order chi connectivity index (χ0) is 12.0. The molecule has 1 unspecified atom stereocenters. The van der Waals surface area contributed by atoms with Crippen LogP contribution in [0.25, 0.3) is 0 Å². The lowest BCUT2D eigenvalue weighted by atomic mass is 10.1. The van der Waals surface area contributed by atoms with Gasteiger partial charge in [-0.3, -0.25) is 10.1 Å². The van der Waals surface area contributed by atoms with Gasteiger partial charge in [0.25, 0.3) is 5.69 Å². The highest BCUT2D eigenvalue weighted by atomic mass is 16.6. The van der Waals surface area contributed by atoms with Gasteiger partial charge in [-0.1, -0.05) is 0 Å². The third kappa shape index (κ3) is 1.88. The molecule has 0 aromatic heterocycles. The van der Waals surface area contributed by atoms with Gasteiger partial charge in [0, 0.05) is 23.4 Å². The van der Waals surface area contributed by atoms with E-state index in [1.54, 1.807) is 13.0 Å². The number of nitro groups is 1. The van der Waals surface area contributed by atoms with E-state index < -0.39 is 0 Å². The van der Waals surface area contributed by atoms with Crippen molar-refractivity contribution in [3.63, 3.8) is 0 Å². The predicted octanol–water partition coefficient (Wildman–Crippen LogP) is 3.11. The van der Waals surface area contributed by atoms with Crippen molar-refractivity contribution in [3.05, 3.63) is 33.9 Å². The first-order chi connectivity index (χ1) is 8.15. The highest BCUT2D eigenvalue weighted by Crippen LogP contribution is 2.52. The second-order valence-corrected chi connectivity index (χ2v) is 5.25. The van der Waals surface area contributed by atoms with E-state index in [1.165, 1.54) is 19.3 Å². The maximum Gasteiger partial charge on any atom is 0.272 e. The molecule has 1 aromatic carbocycles. The number of fused-ring (bicyclic) bond motifs is 1. The second kappa shape index (κ2) is 3.72. The average Bonchev–Trinajstić information content (AvgIpc) is 2.95. The van der Waals surface area contributed by atoms with Gasteiger partial charge in [0.1, 0.15) is 0 Å². The first-order valence-electron chi connectivity index (χ1n) is 6.17. The van der Waals surface area contributed by atoms with Gasteiger partial charge in [0.05, 0.1) is 4.92 Å². The Balaban J connectivity index is 1.75. The van der Waals surface area contributed by atoms with Crippen molar-refractivity contribution in [2.75, 3.05) is 5.32 Å². The van der Waals surface area contributed by atoms with E-state index in [1.807, 2.05) is 12.1 Å². The molecule has 1 N–H and O–H groups in total. The van der Waals surface area contributed by atoms with Crippen molar-refractivity contribution >= 4 is 11.4 Å². The molecule has 2 fully saturated rings. The van der Waals surface area contributed by atoms with Crippen LogP contribution in [0.1, 0.15) is 24.8 Å². The van der Waals surface area contributed by atoms with Crippen LogP contribution in [-0.4, -0.2) is 11.0 Å². The molecule has 17 heavy (non-hydrogen) atoms. The van der Waals surface area contributed by atoms with Crippen molar-refractivity contribution in [3.8, 4) is 0 Å². The van der Waals surface area contributed by atoms with Gasteiger partial charge in [0.2, 0.25) is 0 Å². The van der Waals surface area contributed by atoms with Crippen molar-refractivity contribution in [1.82, 2.24) is 0 Å². The predicted molar refractivity (Wildman–Crippen MR) is 66.1 cm³/mol. The summed E-state index contributed by atoms with van der Waals surface area (Å²) < 4.78 is 0. The lowest BCUT2D eigenvalue weighted by Gasteiger charge is -2.16. The second-order valence-electron chi connectivity index (χ2n) is 5.25. The monoisotopic (exact) mass is 232 g/mol. The molecule has 0 amide bonds. The van der Waals surface area contributed by atoms with Crippen LogP contribution in [0.3, 0.4) is 0 Å². The molecule has 3 atom stereocenters. The van der Waals surface area contributed by atoms with Gasteiger partial charge >= 0.3 is 0 Å². The number of benzene rings is 1. The molecule has 0 spiro atoms. The highest BCUT2D eigenvalue weighted by molar-refractivity contribution is 5.54. The molecule has 1 aromatic rings. The topological polar surface area (TPSA) is 55.2 Å². The molecule has 2 aliphatic rings. The minimum absolute atomic E-state index is 0.200. The Morgan fingerprint density at radius 1 is 1.41 bits per heavy atom. The summed E-state index contributed by atoms with van der Waals surface area (Å²) in [4.78, 5) is 10.4. The van der Waals surface area contributed by atoms with Gasteiger partial charge in [-0.15, -0.1) is 0 Å². The first-order valence-corrected chi connectivity index (χ1v) is 6.17. The Hall–Kier alpha value is -1.58. The third-order valence-electron chi connectivity index (χ3n) is 4.09. The van der Waals surface area contributed by atoms with Crippen LogP contribution in [0.15, 0.2) is 18.2 Å². The van der Waals surface area contributed by atoms with E-state index in [0.29, 0.717) is 6.04 Å². The van der Waals surface area contributed by atoms with Crippen LogP contribution in [0, 0.1) is 28.9 Å². The number of hydrogen-bond acceptors (Lipinski definition) is 3. The number of hydrogen-bond donors (Lipinski definition) is 1. The van der Waals surface area contributed by atoms with Crippen LogP contribution >= 0.6 is 0 Å². The fourth-order valence-electron chi connectivity index (χ4n) is 3.05. The smallest absolute Gasteiger partial charge is 0.272 e. The summed E-state index contributed by atoms with van der Waals surface area (Å²) in [5.41, 5.74) is 1.95. The zero-order valence-electron chi connectivity index (χ0n) is 9.85. The van der Waals surface area contributed by atoms with Crippen LogP contribution in [-0.2, 0) is 0 Å². The van der Waals surface area contributed by atoms with Gasteiger partial charge < -0.3 is 5.32 Å². The normalized spacial score (nSPS) is 29.8. The summed E-state index contributed by atoms with van der Waals surface area (Å²) in [6.07, 6.45) is 3.95. The molecule has 2 saturated carbocycles. The van der Waals surface area contributed by atoms with Crippen molar-refractivity contribution in [2.24, 2.45) is 11.8 Å². The Labute approximate surface area is 100 Å². The summed E-state index contributed by atoms with van der Waals surface area (Å²) in [6, 6.07) is 5.88. The Bertz CT molecular complexity index is 472. The molecule has 0 bridgehead atoms. The Morgan fingerprint density at radius 2 is 2.24 bits per heavy atom. The number of anilines is 1. The molecule has 4 heteroatoms. The average molecular weight is 232 g/mol. The number of nitrogens with zero attached hydrogens (tertiary/aromatic N) is 1. The van der Waals surface area contributed by atoms with Gasteiger partial charge in [0.15, 0.2) is 0 Å². The van der Waals surface area contributed by atoms with Crippen molar-refractivity contribution < 1.29 is 4.92 Å². The SMILES string of the molecule is Cc1cc(NC2CC[C@H]3C[C@@H]23)ccc1[N+](=O)[O-]. The van der Waals surface area contributed by atoms with Gasteiger partial charge in [-0.2, -0.15) is 0 Å². The lowest BCUT2D eigenvalue weighted by Crippen LogP contribution is -2.18. The molecule has 90 valence electrons. The fraction of sp³-hybridized carbons (Fsp3) is 0.538. The number of nitro benzene ring substituents is 1. The minimum Gasteiger partial charge on any atom is -0.382 e. The van der Waals surface area contributed by atoms with E-state index in [2.05, 4.69) is 5.32 Å². The van der Waals surface area contributed by atoms with Gasteiger partial charge in [-0.25, -0.2) is 0 Å². The standard InChI is InChI=1S/C13H16N2O2/c1-8-6-10(3-5-13(8)15(16)17)14-12-4-2-9-7-11(9)12/h3,5-6,9,11-12,14H,2,4,7H2,1H3/t9-,11+,12?/m0/s1. The van der Waals surface area contributed by atoms with E-state index >= 15 is 0 Å². The van der Waals surface area contributed by atoms with E-state index in [4.69, 9.17) is 0 Å². The van der Waals surface area contributed by atoms with Crippen LogP contribution < -0.4 is 5.32 Å². The van der Waals surface area contributed by atoms with E-state index in [-0.39, 0.29) is 10.6 Å². The maximum absolute atomic E-state index is 10.7. The van der Waals surface area contributed by atoms with E-state index in [0.717, 1.165) is 23.1 Å². The lowest BCUT2D eigenvalue weighted by molar-refractivity contribution is -0.385. The fourth-order valence-corrected chi connectivity index (χ4v) is 3.05. The molecule has 0 radical (unpaired) electrons. The highest BCUT2D eigenvalue weighted by Gasteiger charge is 2.47. The minimum atomic E-state index is -0.328. The largest absolute Gasteiger partial charge is 0.382 e. The molecular weight excluding hydrogens is 216 g/mol. The molecule has 0 heterocycles. The maximum atomic E-state index is 10.7. The van der Waals surface area contributed by atoms with Crippen molar-refractivity contribution in [1.29, 1.82) is 0 Å². The molecule has 4 nitrogen and oxygen atoms in total. The van der Waals surface area contributed by atoms with Crippen molar-refractivity contribution in [2.45, 2.75) is 32.2 Å². The Morgan fingerprint density at radius 3 is 2.76 bits per heavy atom. The third-order valence-corrected chi connectivity index (χ3v) is 4.09. The summed E-state index contributed by atoms with van der Waals surface area (Å²) in [5.74, 6) is 1.80. The van der Waals surface area contributed by atoms with E-state index in [9.17, 15) is 10.1 Å². The summed E-state index contributed by atoms with van der Waals surface area (Å²) in [5, 5.41) is 14.2. The van der Waals surface area contributed by atoms with Crippen LogP contribution in [0.2, 0.25) is 0 Å². The zero-order valence-corrected chi connectivity index (χ0v) is 9.85. The number of aryl methyl sites for hydroxylation is 1. The molecule has 0 aliphatic heterocycles.